The predicted octanol–water partition coefficient (Wildman–Crippen LogP) is -8.02. The van der Waals surface area contributed by atoms with Gasteiger partial charge < -0.3 is 98.8 Å². The Hall–Kier alpha value is -1.32. The third-order valence-corrected chi connectivity index (χ3v) is 9.27. The van der Waals surface area contributed by atoms with Gasteiger partial charge in [-0.3, -0.25) is 4.79 Å². The molecule has 0 radical (unpaired) electrons. The largest absolute Gasteiger partial charge is 0.394 e. The van der Waals surface area contributed by atoms with Crippen LogP contribution in [0, 0.1) is 0 Å². The van der Waals surface area contributed by atoms with Gasteiger partial charge in [-0.1, -0.05) is 0 Å². The van der Waals surface area contributed by atoms with Crippen molar-refractivity contribution >= 4 is 5.91 Å². The summed E-state index contributed by atoms with van der Waals surface area (Å²) in [6.45, 7) is -1.35. The lowest BCUT2D eigenvalue weighted by Gasteiger charge is -2.46. The number of halogens is 1. The third kappa shape index (κ3) is 8.58. The molecule has 4 rings (SSSR count). The Kier molecular flexibility index (Phi) is 14.2. The number of amides is 1. The Bertz CT molecular complexity index is 1030. The van der Waals surface area contributed by atoms with Crippen molar-refractivity contribution in [1.82, 2.24) is 5.32 Å². The highest BCUT2D eigenvalue weighted by atomic mass is 19.1. The van der Waals surface area contributed by atoms with E-state index >= 15 is 0 Å². The Morgan fingerprint density at radius 2 is 1.44 bits per heavy atom. The van der Waals surface area contributed by atoms with E-state index in [9.17, 15) is 39.8 Å². The molecular formula is C27H52FN7O13. The Morgan fingerprint density at radius 3 is 2.06 bits per heavy atom. The van der Waals surface area contributed by atoms with Gasteiger partial charge >= 0.3 is 0 Å². The molecule has 280 valence electrons. The van der Waals surface area contributed by atoms with E-state index in [0.29, 0.717) is 12.8 Å². The molecule has 0 aromatic carbocycles. The number of hydrogen-bond donors (Lipinski definition) is 13. The molecule has 1 amide bonds. The van der Waals surface area contributed by atoms with Crippen LogP contribution in [0.15, 0.2) is 0 Å². The molecule has 48 heavy (non-hydrogen) atoms. The Balaban J connectivity index is 1.55. The number of nitrogens with two attached hydrogens (primary N) is 6. The van der Waals surface area contributed by atoms with Crippen LogP contribution < -0.4 is 39.7 Å². The summed E-state index contributed by atoms with van der Waals surface area (Å²) in [5.74, 6) is -1.16. The van der Waals surface area contributed by atoms with Gasteiger partial charge in [-0.2, -0.15) is 0 Å². The zero-order valence-electron chi connectivity index (χ0n) is 26.3. The standard InChI is InChI=1S/C27H52FN7O13/c28-9(5-30)16(37)24(42)35-12-3-11(33)21(46-25-10(32)2-1-8(4-29)43-25)23(17(12)38)48-27-20(41)22(14(7-36)45-27)47-26-15(34)19(40)18(39)13(6-31)44-26/h8-23,25-27,36-41H,1-7,29-34H2,(H,35,42)/t8-,9-,10+,11-,12+,13-,14+,15+,16?,17-,18+,19+,20+,21+,22+,23+,25+,26+,27-/m0/s1. The van der Waals surface area contributed by atoms with Crippen LogP contribution in [0.25, 0.3) is 0 Å². The van der Waals surface area contributed by atoms with Crippen molar-refractivity contribution in [2.45, 2.75) is 136 Å². The van der Waals surface area contributed by atoms with Crippen molar-refractivity contribution in [3.8, 4) is 0 Å². The van der Waals surface area contributed by atoms with Crippen molar-refractivity contribution in [3.63, 3.8) is 0 Å². The number of carbonyl (C=O) groups is 1. The molecule has 19 N–H and O–H groups in total. The second-order valence-corrected chi connectivity index (χ2v) is 12.7. The third-order valence-electron chi connectivity index (χ3n) is 9.27. The molecule has 0 spiro atoms. The van der Waals surface area contributed by atoms with Crippen molar-refractivity contribution in [1.29, 1.82) is 0 Å². The number of nitrogens with one attached hydrogen (secondary N) is 1. The van der Waals surface area contributed by atoms with Gasteiger partial charge in [0.2, 0.25) is 0 Å². The van der Waals surface area contributed by atoms with Gasteiger partial charge in [-0.05, 0) is 19.3 Å². The van der Waals surface area contributed by atoms with Gasteiger partial charge in [0, 0.05) is 25.7 Å². The number of rotatable bonds is 13. The van der Waals surface area contributed by atoms with Crippen LogP contribution >= 0.6 is 0 Å². The number of hydrogen-bond acceptors (Lipinski definition) is 19. The van der Waals surface area contributed by atoms with E-state index in [2.05, 4.69) is 5.32 Å². The minimum absolute atomic E-state index is 0.140. The zero-order chi connectivity index (χ0) is 35.4. The summed E-state index contributed by atoms with van der Waals surface area (Å²) < 4.78 is 49.3. The fraction of sp³-hybridized carbons (Fsp3) is 0.963. The van der Waals surface area contributed by atoms with Crippen molar-refractivity contribution in [3.05, 3.63) is 0 Å². The van der Waals surface area contributed by atoms with Gasteiger partial charge in [0.15, 0.2) is 25.0 Å². The average molecular weight is 702 g/mol. The van der Waals surface area contributed by atoms with Crippen LogP contribution in [-0.2, 0) is 33.2 Å². The van der Waals surface area contributed by atoms with Crippen molar-refractivity contribution < 1.29 is 68.2 Å². The summed E-state index contributed by atoms with van der Waals surface area (Å²) in [5.41, 5.74) is 35.4. The molecule has 3 heterocycles. The van der Waals surface area contributed by atoms with E-state index in [1.807, 2.05) is 0 Å². The van der Waals surface area contributed by atoms with Gasteiger partial charge in [-0.15, -0.1) is 0 Å². The molecule has 0 bridgehead atoms. The number of carbonyl (C=O) groups excluding carboxylic acids is 1. The molecule has 3 aliphatic heterocycles. The molecule has 0 aromatic heterocycles. The summed E-state index contributed by atoms with van der Waals surface area (Å²) >= 11 is 0. The average Bonchev–Trinajstić information content (AvgIpc) is 3.37. The monoisotopic (exact) mass is 701 g/mol. The first-order chi connectivity index (χ1) is 22.8. The second kappa shape index (κ2) is 17.3. The van der Waals surface area contributed by atoms with Crippen molar-refractivity contribution in [2.75, 3.05) is 26.2 Å². The minimum atomic E-state index is -2.14. The summed E-state index contributed by atoms with van der Waals surface area (Å²) in [4.78, 5) is 12.6. The maximum atomic E-state index is 14.0. The summed E-state index contributed by atoms with van der Waals surface area (Å²) in [5, 5.41) is 65.8. The van der Waals surface area contributed by atoms with Crippen LogP contribution in [0.2, 0.25) is 0 Å². The smallest absolute Gasteiger partial charge is 0.252 e. The summed E-state index contributed by atoms with van der Waals surface area (Å²) in [7, 11) is 0. The zero-order valence-corrected chi connectivity index (χ0v) is 26.3. The van der Waals surface area contributed by atoms with Crippen molar-refractivity contribution in [2.24, 2.45) is 34.4 Å². The maximum Gasteiger partial charge on any atom is 0.252 e. The Labute approximate surface area is 276 Å². The van der Waals surface area contributed by atoms with Gasteiger partial charge in [0.05, 0.1) is 30.8 Å². The lowest BCUT2D eigenvalue weighted by molar-refractivity contribution is -0.289. The normalized spacial score (nSPS) is 46.6. The minimum Gasteiger partial charge on any atom is -0.394 e. The first-order valence-electron chi connectivity index (χ1n) is 16.0. The van der Waals surface area contributed by atoms with E-state index in [4.69, 9.17) is 62.8 Å². The molecular weight excluding hydrogens is 649 g/mol. The van der Waals surface area contributed by atoms with E-state index in [1.54, 1.807) is 0 Å². The highest BCUT2D eigenvalue weighted by Gasteiger charge is 2.54. The lowest BCUT2D eigenvalue weighted by Crippen LogP contribution is -2.67. The first-order valence-corrected chi connectivity index (χ1v) is 16.0. The van der Waals surface area contributed by atoms with Crippen LogP contribution in [0.1, 0.15) is 19.3 Å². The fourth-order valence-electron chi connectivity index (χ4n) is 6.32. The van der Waals surface area contributed by atoms with Gasteiger partial charge in [0.25, 0.3) is 5.91 Å². The number of aliphatic hydroxyl groups excluding tert-OH is 6. The summed E-state index contributed by atoms with van der Waals surface area (Å²) in [6, 6.07) is -4.12. The molecule has 1 aliphatic carbocycles. The maximum absolute atomic E-state index is 14.0. The molecule has 3 saturated heterocycles. The molecule has 20 nitrogen and oxygen atoms in total. The van der Waals surface area contributed by atoms with E-state index in [0.717, 1.165) is 0 Å². The quantitative estimate of drug-likeness (QED) is 0.0847. The Morgan fingerprint density at radius 1 is 0.792 bits per heavy atom. The predicted molar refractivity (Wildman–Crippen MR) is 159 cm³/mol. The number of ether oxygens (including phenoxy) is 6. The molecule has 4 aliphatic rings. The topological polar surface area (TPSA) is 362 Å². The summed E-state index contributed by atoms with van der Waals surface area (Å²) in [6.07, 6.45) is -20.4. The molecule has 19 atom stereocenters. The van der Waals surface area contributed by atoms with Crippen LogP contribution in [-0.4, -0.2) is 179 Å². The number of alkyl halides is 1. The van der Waals surface area contributed by atoms with Gasteiger partial charge in [-0.25, -0.2) is 4.39 Å². The van der Waals surface area contributed by atoms with Crippen LogP contribution in [0.4, 0.5) is 4.39 Å². The van der Waals surface area contributed by atoms with Crippen LogP contribution in [0.5, 0.6) is 0 Å². The molecule has 4 fully saturated rings. The SMILES string of the molecule is NC[C@@H]1CC[C@@H](N)[C@@H](O[C@H]2[C@H](O[C@@H]3O[C@H](CO)[C@@H](O[C@H]4O[C@@H](CN)[C@@H](O)[C@H](O)[C@H]4N)[C@H]3O)[C@@H](O)[C@H](NC(=O)C(O)[C@@H](F)CN)C[C@@H]2N)O1. The number of aliphatic hydroxyl groups is 6. The van der Waals surface area contributed by atoms with E-state index in [1.165, 1.54) is 0 Å². The highest BCUT2D eigenvalue weighted by Crippen LogP contribution is 2.34. The molecule has 1 unspecified atom stereocenters. The van der Waals surface area contributed by atoms with Gasteiger partial charge in [0.1, 0.15) is 61.1 Å². The second-order valence-electron chi connectivity index (χ2n) is 12.7. The van der Waals surface area contributed by atoms with E-state index in [-0.39, 0.29) is 25.6 Å². The van der Waals surface area contributed by atoms with E-state index < -0.39 is 129 Å². The first kappa shape index (κ1) is 39.5. The lowest BCUT2D eigenvalue weighted by atomic mass is 9.83. The molecule has 0 aromatic rings. The highest BCUT2D eigenvalue weighted by molar-refractivity contribution is 5.81. The molecule has 21 heteroatoms. The molecule has 1 saturated carbocycles. The fourth-order valence-corrected chi connectivity index (χ4v) is 6.32. The van der Waals surface area contributed by atoms with Crippen LogP contribution in [0.3, 0.4) is 0 Å².